The molecule has 3 heterocycles. The summed E-state index contributed by atoms with van der Waals surface area (Å²) in [4.78, 5) is 15.2. The van der Waals surface area contributed by atoms with E-state index in [1.54, 1.807) is 22.7 Å². The molecule has 1 atom stereocenters. The second-order valence-electron chi connectivity index (χ2n) is 6.88. The molecule has 8 heteroatoms. The van der Waals surface area contributed by atoms with Gasteiger partial charge in [-0.05, 0) is 43.7 Å². The molecule has 1 aromatic heterocycles. The lowest BCUT2D eigenvalue weighted by Crippen LogP contribution is -2.46. The Bertz CT molecular complexity index is 927. The van der Waals surface area contributed by atoms with Crippen LogP contribution >= 0.6 is 34.7 Å². The van der Waals surface area contributed by atoms with Crippen LogP contribution in [-0.2, 0) is 6.54 Å². The molecule has 0 radical (unpaired) electrons. The van der Waals surface area contributed by atoms with Crippen LogP contribution in [0.3, 0.4) is 0 Å². The number of halogens is 2. The SMILES string of the molecule is CC1(C)SCC(c2sc(N3Cc4cc(F)ccc4C3=O)cc2Cl)NC1=N. The molecule has 0 spiro atoms. The number of hydrogen-bond donors (Lipinski definition) is 2. The number of rotatable bonds is 2. The maximum atomic E-state index is 13.5. The highest BCUT2D eigenvalue weighted by Gasteiger charge is 2.36. The van der Waals surface area contributed by atoms with Crippen LogP contribution in [0.2, 0.25) is 5.02 Å². The number of carbonyl (C=O) groups is 1. The number of nitrogens with zero attached hydrogens (tertiary/aromatic N) is 1. The predicted octanol–water partition coefficient (Wildman–Crippen LogP) is 4.83. The maximum Gasteiger partial charge on any atom is 0.259 e. The third-order valence-corrected chi connectivity index (χ3v) is 7.81. The summed E-state index contributed by atoms with van der Waals surface area (Å²) < 4.78 is 13.2. The average Bonchev–Trinajstić information content (AvgIpc) is 3.10. The number of amides is 1. The topological polar surface area (TPSA) is 56.2 Å². The molecule has 0 saturated carbocycles. The van der Waals surface area contributed by atoms with Crippen LogP contribution in [0.4, 0.5) is 9.39 Å². The molecular weight excluding hydrogens is 393 g/mol. The monoisotopic (exact) mass is 409 g/mol. The lowest BCUT2D eigenvalue weighted by atomic mass is 10.1. The molecule has 4 nitrogen and oxygen atoms in total. The fourth-order valence-corrected chi connectivity index (χ4v) is 5.76. The predicted molar refractivity (Wildman–Crippen MR) is 106 cm³/mol. The van der Waals surface area contributed by atoms with Gasteiger partial charge in [-0.25, -0.2) is 4.39 Å². The van der Waals surface area contributed by atoms with Gasteiger partial charge >= 0.3 is 0 Å². The number of carbonyl (C=O) groups excluding carboxylic acids is 1. The number of anilines is 1. The molecule has 4 rings (SSSR count). The van der Waals surface area contributed by atoms with Crippen molar-refractivity contribution in [2.75, 3.05) is 10.7 Å². The summed E-state index contributed by atoms with van der Waals surface area (Å²) in [6, 6.07) is 5.99. The van der Waals surface area contributed by atoms with E-state index < -0.39 is 0 Å². The number of nitrogens with one attached hydrogen (secondary N) is 2. The molecule has 1 aromatic carbocycles. The van der Waals surface area contributed by atoms with Gasteiger partial charge < -0.3 is 5.32 Å². The van der Waals surface area contributed by atoms with Crippen LogP contribution in [0.5, 0.6) is 0 Å². The Morgan fingerprint density at radius 2 is 2.15 bits per heavy atom. The van der Waals surface area contributed by atoms with Crippen molar-refractivity contribution in [3.8, 4) is 0 Å². The average molecular weight is 410 g/mol. The number of thioether (sulfide) groups is 1. The van der Waals surface area contributed by atoms with Gasteiger partial charge in [-0.1, -0.05) is 11.6 Å². The molecule has 136 valence electrons. The molecule has 0 bridgehead atoms. The largest absolute Gasteiger partial charge is 0.364 e. The van der Waals surface area contributed by atoms with Gasteiger partial charge in [-0.3, -0.25) is 15.1 Å². The van der Waals surface area contributed by atoms with Gasteiger partial charge in [0.05, 0.1) is 27.4 Å². The summed E-state index contributed by atoms with van der Waals surface area (Å²) in [5.74, 6) is 0.802. The quantitative estimate of drug-likeness (QED) is 0.746. The molecule has 1 unspecified atom stereocenters. The van der Waals surface area contributed by atoms with E-state index in [4.69, 9.17) is 17.0 Å². The van der Waals surface area contributed by atoms with E-state index >= 15 is 0 Å². The van der Waals surface area contributed by atoms with Crippen molar-refractivity contribution in [2.24, 2.45) is 0 Å². The van der Waals surface area contributed by atoms with Crippen LogP contribution in [0, 0.1) is 11.2 Å². The highest BCUT2D eigenvalue weighted by Crippen LogP contribution is 2.44. The van der Waals surface area contributed by atoms with E-state index in [-0.39, 0.29) is 22.5 Å². The molecule has 0 aliphatic carbocycles. The summed E-state index contributed by atoms with van der Waals surface area (Å²) in [6.07, 6.45) is 0. The van der Waals surface area contributed by atoms with Gasteiger partial charge in [-0.15, -0.1) is 23.1 Å². The number of benzene rings is 1. The van der Waals surface area contributed by atoms with Gasteiger partial charge in [0, 0.05) is 16.2 Å². The van der Waals surface area contributed by atoms with E-state index in [2.05, 4.69) is 5.32 Å². The molecule has 2 N–H and O–H groups in total. The Balaban J connectivity index is 1.60. The van der Waals surface area contributed by atoms with E-state index in [9.17, 15) is 9.18 Å². The Morgan fingerprint density at radius 3 is 2.88 bits per heavy atom. The second kappa shape index (κ2) is 6.25. The number of thiophene rings is 1. The van der Waals surface area contributed by atoms with E-state index in [1.807, 2.05) is 13.8 Å². The minimum Gasteiger partial charge on any atom is -0.364 e. The standard InChI is InChI=1S/C18H17ClFN3OS2/c1-18(2)17(21)22-13(8-25-18)15-12(19)6-14(26-15)23-7-9-5-10(20)3-4-11(9)16(23)24/h3-6,13H,7-8H2,1-2H3,(H2,21,22). The highest BCUT2D eigenvalue weighted by atomic mass is 35.5. The first kappa shape index (κ1) is 17.8. The van der Waals surface area contributed by atoms with Crippen molar-refractivity contribution in [3.63, 3.8) is 0 Å². The second-order valence-corrected chi connectivity index (χ2v) is 9.99. The first-order valence-electron chi connectivity index (χ1n) is 8.15. The minimum atomic E-state index is -0.340. The van der Waals surface area contributed by atoms with Crippen molar-refractivity contribution in [2.45, 2.75) is 31.2 Å². The minimum absolute atomic E-state index is 0.0516. The van der Waals surface area contributed by atoms with Crippen molar-refractivity contribution in [3.05, 3.63) is 51.1 Å². The Labute approximate surface area is 164 Å². The lowest BCUT2D eigenvalue weighted by Gasteiger charge is -2.35. The Kier molecular flexibility index (Phi) is 4.28. The zero-order valence-electron chi connectivity index (χ0n) is 14.2. The van der Waals surface area contributed by atoms with Gasteiger partial charge in [0.15, 0.2) is 0 Å². The third kappa shape index (κ3) is 2.92. The smallest absolute Gasteiger partial charge is 0.259 e. The molecule has 2 aliphatic heterocycles. The molecule has 1 amide bonds. The lowest BCUT2D eigenvalue weighted by molar-refractivity contribution is 0.0997. The van der Waals surface area contributed by atoms with Gasteiger partial charge in [0.25, 0.3) is 5.91 Å². The summed E-state index contributed by atoms with van der Waals surface area (Å²) >= 11 is 9.62. The van der Waals surface area contributed by atoms with E-state index in [0.717, 1.165) is 15.6 Å². The van der Waals surface area contributed by atoms with Crippen molar-refractivity contribution >= 4 is 51.4 Å². The summed E-state index contributed by atoms with van der Waals surface area (Å²) in [5, 5.41) is 12.8. The maximum absolute atomic E-state index is 13.5. The molecule has 1 saturated heterocycles. The van der Waals surface area contributed by atoms with Crippen molar-refractivity contribution in [1.29, 1.82) is 5.41 Å². The van der Waals surface area contributed by atoms with Crippen LogP contribution in [0.1, 0.15) is 40.7 Å². The summed E-state index contributed by atoms with van der Waals surface area (Å²) in [5.41, 5.74) is 1.23. The summed E-state index contributed by atoms with van der Waals surface area (Å²) in [7, 11) is 0. The van der Waals surface area contributed by atoms with Crippen LogP contribution in [-0.4, -0.2) is 22.2 Å². The van der Waals surface area contributed by atoms with Gasteiger partial charge in [-0.2, -0.15) is 0 Å². The number of amidine groups is 1. The zero-order valence-corrected chi connectivity index (χ0v) is 16.6. The molecule has 1 fully saturated rings. The van der Waals surface area contributed by atoms with E-state index in [1.165, 1.54) is 29.5 Å². The van der Waals surface area contributed by atoms with Crippen molar-refractivity contribution in [1.82, 2.24) is 5.32 Å². The number of fused-ring (bicyclic) bond motifs is 1. The zero-order chi connectivity index (χ0) is 18.6. The molecule has 2 aliphatic rings. The number of hydrogen-bond acceptors (Lipinski definition) is 4. The Morgan fingerprint density at radius 1 is 1.38 bits per heavy atom. The summed E-state index contributed by atoms with van der Waals surface area (Å²) in [6.45, 7) is 4.38. The van der Waals surface area contributed by atoms with Crippen LogP contribution in [0.15, 0.2) is 24.3 Å². The fraction of sp³-hybridized carbons (Fsp3) is 0.333. The highest BCUT2D eigenvalue weighted by molar-refractivity contribution is 8.01. The van der Waals surface area contributed by atoms with Gasteiger partial charge in [0.2, 0.25) is 0 Å². The van der Waals surface area contributed by atoms with E-state index in [0.29, 0.717) is 28.5 Å². The van der Waals surface area contributed by atoms with Crippen LogP contribution < -0.4 is 10.2 Å². The van der Waals surface area contributed by atoms with Crippen LogP contribution in [0.25, 0.3) is 0 Å². The van der Waals surface area contributed by atoms with Crippen molar-refractivity contribution < 1.29 is 9.18 Å². The van der Waals surface area contributed by atoms with Gasteiger partial charge in [0.1, 0.15) is 11.7 Å². The molecule has 26 heavy (non-hydrogen) atoms. The normalized spacial score (nSPS) is 21.7. The molecule has 2 aromatic rings. The third-order valence-electron chi connectivity index (χ3n) is 4.69. The Hall–Kier alpha value is -1.57. The first-order valence-corrected chi connectivity index (χ1v) is 10.3. The first-order chi connectivity index (χ1) is 12.3. The molecular formula is C18H17ClFN3OS2. The fourth-order valence-electron chi connectivity index (χ4n) is 3.10.